The minimum atomic E-state index is -0.417. The van der Waals surface area contributed by atoms with Crippen LogP contribution in [0.5, 0.6) is 0 Å². The van der Waals surface area contributed by atoms with Crippen LogP contribution in [0, 0.1) is 0 Å². The lowest BCUT2D eigenvalue weighted by Gasteiger charge is -2.11. The third kappa shape index (κ3) is 2.35. The zero-order valence-electron chi connectivity index (χ0n) is 10.5. The Hall–Kier alpha value is -1.75. The number of aromatic amines is 1. The summed E-state index contributed by atoms with van der Waals surface area (Å²) >= 11 is 18.3. The Morgan fingerprint density at radius 2 is 1.81 bits per heavy atom. The molecule has 0 aliphatic heterocycles. The summed E-state index contributed by atoms with van der Waals surface area (Å²) in [6.07, 6.45) is 1.52. The van der Waals surface area contributed by atoms with E-state index in [1.165, 1.54) is 6.20 Å². The molecule has 7 heteroatoms. The zero-order valence-corrected chi connectivity index (χ0v) is 12.7. The number of nitrogens with one attached hydrogen (secondary N) is 1. The van der Waals surface area contributed by atoms with Crippen molar-refractivity contribution in [3.63, 3.8) is 0 Å². The van der Waals surface area contributed by atoms with Crippen LogP contribution in [0.2, 0.25) is 15.1 Å². The maximum atomic E-state index is 11.5. The van der Waals surface area contributed by atoms with Gasteiger partial charge in [-0.05, 0) is 18.2 Å². The fourth-order valence-electron chi connectivity index (χ4n) is 2.10. The van der Waals surface area contributed by atoms with Crippen LogP contribution in [0.4, 0.5) is 5.82 Å². The van der Waals surface area contributed by atoms with Gasteiger partial charge < -0.3 is 10.7 Å². The Morgan fingerprint density at radius 3 is 2.48 bits per heavy atom. The summed E-state index contributed by atoms with van der Waals surface area (Å²) in [5.41, 5.74) is 7.07. The second-order valence-corrected chi connectivity index (χ2v) is 5.58. The minimum absolute atomic E-state index is 0.00370. The first kappa shape index (κ1) is 14.2. The fraction of sp³-hybridized carbons (Fsp3) is 0. The number of hydrogen-bond donors (Lipinski definition) is 2. The quantitative estimate of drug-likeness (QED) is 0.699. The first-order valence-electron chi connectivity index (χ1n) is 5.91. The van der Waals surface area contributed by atoms with Crippen LogP contribution < -0.4 is 11.3 Å². The molecule has 0 bridgehead atoms. The highest BCUT2D eigenvalue weighted by Crippen LogP contribution is 2.38. The molecule has 0 saturated heterocycles. The summed E-state index contributed by atoms with van der Waals surface area (Å²) in [6, 6.07) is 6.91. The highest BCUT2D eigenvalue weighted by molar-refractivity contribution is 6.39. The normalized spacial score (nSPS) is 11.0. The van der Waals surface area contributed by atoms with Crippen LogP contribution in [0.25, 0.3) is 22.0 Å². The van der Waals surface area contributed by atoms with Crippen molar-refractivity contribution < 1.29 is 0 Å². The number of pyridine rings is 2. The Kier molecular flexibility index (Phi) is 3.53. The molecule has 0 spiro atoms. The Labute approximate surface area is 134 Å². The highest BCUT2D eigenvalue weighted by atomic mass is 35.5. The summed E-state index contributed by atoms with van der Waals surface area (Å²) in [5, 5.41) is 1.56. The van der Waals surface area contributed by atoms with Crippen LogP contribution >= 0.6 is 34.8 Å². The van der Waals surface area contributed by atoms with E-state index in [-0.39, 0.29) is 10.8 Å². The van der Waals surface area contributed by atoms with Crippen molar-refractivity contribution in [2.75, 3.05) is 5.73 Å². The molecule has 2 aromatic heterocycles. The fourth-order valence-corrected chi connectivity index (χ4v) is 2.91. The molecule has 21 heavy (non-hydrogen) atoms. The molecule has 2 heterocycles. The van der Waals surface area contributed by atoms with Gasteiger partial charge >= 0.3 is 0 Å². The summed E-state index contributed by atoms with van der Waals surface area (Å²) in [6.45, 7) is 0. The predicted molar refractivity (Wildman–Crippen MR) is 87.2 cm³/mol. The number of H-pyrrole nitrogens is 1. The maximum Gasteiger partial charge on any atom is 0.268 e. The summed E-state index contributed by atoms with van der Waals surface area (Å²) in [5.74, 6) is 0.199. The molecule has 0 aliphatic rings. The Bertz CT molecular complexity index is 901. The van der Waals surface area contributed by atoms with Crippen LogP contribution in [0.15, 0.2) is 35.3 Å². The number of nitrogens with zero attached hydrogens (tertiary/aromatic N) is 1. The molecule has 0 atom stereocenters. The molecular weight excluding hydrogens is 333 g/mol. The van der Waals surface area contributed by atoms with Crippen LogP contribution in [0.3, 0.4) is 0 Å². The molecule has 1 aromatic carbocycles. The SMILES string of the molecule is Nc1nc2c(Cl)c(=O)[nH]cc2cc1-c1c(Cl)cccc1Cl. The number of halogens is 3. The number of benzene rings is 1. The summed E-state index contributed by atoms with van der Waals surface area (Å²) in [4.78, 5) is 18.2. The highest BCUT2D eigenvalue weighted by Gasteiger charge is 2.15. The van der Waals surface area contributed by atoms with Gasteiger partial charge in [0.15, 0.2) is 0 Å². The van der Waals surface area contributed by atoms with Crippen molar-refractivity contribution >= 4 is 51.5 Å². The summed E-state index contributed by atoms with van der Waals surface area (Å²) in [7, 11) is 0. The predicted octanol–water partition coefficient (Wildman–Crippen LogP) is 4.13. The van der Waals surface area contributed by atoms with E-state index in [0.717, 1.165) is 0 Å². The molecule has 3 N–H and O–H groups in total. The number of nitrogen functional groups attached to an aromatic ring is 1. The van der Waals surface area contributed by atoms with E-state index in [1.54, 1.807) is 24.3 Å². The maximum absolute atomic E-state index is 11.5. The van der Waals surface area contributed by atoms with Crippen molar-refractivity contribution in [3.8, 4) is 11.1 Å². The first-order valence-corrected chi connectivity index (χ1v) is 7.04. The number of rotatable bonds is 1. The van der Waals surface area contributed by atoms with Crippen LogP contribution in [-0.2, 0) is 0 Å². The summed E-state index contributed by atoms with van der Waals surface area (Å²) < 4.78 is 0. The molecular formula is C14H8Cl3N3O. The van der Waals surface area contributed by atoms with E-state index in [9.17, 15) is 4.79 Å². The first-order chi connectivity index (χ1) is 9.99. The lowest BCUT2D eigenvalue weighted by Crippen LogP contribution is -2.07. The molecule has 106 valence electrons. The van der Waals surface area contributed by atoms with Gasteiger partial charge in [-0.3, -0.25) is 4.79 Å². The average Bonchev–Trinajstić information content (AvgIpc) is 2.44. The van der Waals surface area contributed by atoms with E-state index in [2.05, 4.69) is 9.97 Å². The molecule has 3 aromatic rings. The van der Waals surface area contributed by atoms with Gasteiger partial charge in [0.2, 0.25) is 0 Å². The van der Waals surface area contributed by atoms with Gasteiger partial charge in [0.1, 0.15) is 10.8 Å². The number of nitrogens with two attached hydrogens (primary N) is 1. The van der Waals surface area contributed by atoms with Gasteiger partial charge in [0.25, 0.3) is 5.56 Å². The van der Waals surface area contributed by atoms with Crippen molar-refractivity contribution in [1.82, 2.24) is 9.97 Å². The number of anilines is 1. The van der Waals surface area contributed by atoms with E-state index in [0.29, 0.717) is 32.1 Å². The third-order valence-electron chi connectivity index (χ3n) is 3.08. The van der Waals surface area contributed by atoms with Crippen molar-refractivity contribution in [3.05, 3.63) is 55.9 Å². The van der Waals surface area contributed by atoms with Crippen LogP contribution in [-0.4, -0.2) is 9.97 Å². The monoisotopic (exact) mass is 339 g/mol. The largest absolute Gasteiger partial charge is 0.383 e. The Balaban J connectivity index is 2.38. The zero-order chi connectivity index (χ0) is 15.1. The molecule has 0 fully saturated rings. The second kappa shape index (κ2) is 5.22. The minimum Gasteiger partial charge on any atom is -0.383 e. The lowest BCUT2D eigenvalue weighted by atomic mass is 10.0. The van der Waals surface area contributed by atoms with Gasteiger partial charge in [0, 0.05) is 22.7 Å². The molecule has 3 rings (SSSR count). The molecule has 0 saturated carbocycles. The van der Waals surface area contributed by atoms with Crippen LogP contribution in [0.1, 0.15) is 0 Å². The molecule has 0 unspecified atom stereocenters. The van der Waals surface area contributed by atoms with E-state index in [4.69, 9.17) is 40.5 Å². The van der Waals surface area contributed by atoms with Gasteiger partial charge in [0.05, 0.1) is 15.6 Å². The standard InChI is InChI=1S/C14H8Cl3N3O/c15-8-2-1-3-9(16)10(8)7-4-6-5-19-14(21)11(17)12(6)20-13(7)18/h1-5H,(H2,18,20)(H,19,21). The smallest absolute Gasteiger partial charge is 0.268 e. The second-order valence-electron chi connectivity index (χ2n) is 4.39. The number of aromatic nitrogens is 2. The molecule has 4 nitrogen and oxygen atoms in total. The lowest BCUT2D eigenvalue weighted by molar-refractivity contribution is 1.25. The van der Waals surface area contributed by atoms with Gasteiger partial charge in [-0.15, -0.1) is 0 Å². The van der Waals surface area contributed by atoms with Crippen molar-refractivity contribution in [2.24, 2.45) is 0 Å². The third-order valence-corrected chi connectivity index (χ3v) is 4.06. The van der Waals surface area contributed by atoms with Crippen molar-refractivity contribution in [1.29, 1.82) is 0 Å². The number of fused-ring (bicyclic) bond motifs is 1. The van der Waals surface area contributed by atoms with E-state index < -0.39 is 5.56 Å². The van der Waals surface area contributed by atoms with Gasteiger partial charge in [-0.25, -0.2) is 4.98 Å². The number of hydrogen-bond acceptors (Lipinski definition) is 3. The van der Waals surface area contributed by atoms with E-state index >= 15 is 0 Å². The molecule has 0 radical (unpaired) electrons. The van der Waals surface area contributed by atoms with Crippen molar-refractivity contribution in [2.45, 2.75) is 0 Å². The van der Waals surface area contributed by atoms with E-state index in [1.807, 2.05) is 0 Å². The molecule has 0 aliphatic carbocycles. The molecule has 0 amide bonds. The topological polar surface area (TPSA) is 71.8 Å². The Morgan fingerprint density at radius 1 is 1.14 bits per heavy atom. The van der Waals surface area contributed by atoms with Gasteiger partial charge in [-0.1, -0.05) is 40.9 Å². The average molecular weight is 341 g/mol. The van der Waals surface area contributed by atoms with Gasteiger partial charge in [-0.2, -0.15) is 0 Å².